The summed E-state index contributed by atoms with van der Waals surface area (Å²) in [4.78, 5) is 12.8. The molecule has 0 N–H and O–H groups in total. The van der Waals surface area contributed by atoms with Gasteiger partial charge in [-0.15, -0.1) is 0 Å². The van der Waals surface area contributed by atoms with Gasteiger partial charge in [0.2, 0.25) is 0 Å². The lowest BCUT2D eigenvalue weighted by atomic mass is 9.73. The molecule has 1 saturated carbocycles. The Bertz CT molecular complexity index is 722. The molecule has 0 amide bonds. The summed E-state index contributed by atoms with van der Waals surface area (Å²) in [5.74, 6) is 1.34. The second kappa shape index (κ2) is 7.17. The molecule has 0 heterocycles. The maximum Gasteiger partial charge on any atom is 0.162 e. The van der Waals surface area contributed by atoms with Crippen molar-refractivity contribution in [3.63, 3.8) is 0 Å². The third-order valence-electron chi connectivity index (χ3n) is 5.21. The fourth-order valence-corrected chi connectivity index (χ4v) is 3.60. The summed E-state index contributed by atoms with van der Waals surface area (Å²) in [6, 6.07) is 18.9. The second-order valence-corrected chi connectivity index (χ2v) is 7.28. The molecule has 1 fully saturated rings. The zero-order valence-electron chi connectivity index (χ0n) is 14.8. The third-order valence-corrected chi connectivity index (χ3v) is 5.21. The third kappa shape index (κ3) is 3.51. The molecule has 0 spiro atoms. The molecule has 3 rings (SSSR count). The molecule has 1 aliphatic carbocycles. The number of benzene rings is 2. The maximum absolute atomic E-state index is 12.8. The van der Waals surface area contributed by atoms with Crippen LogP contribution < -0.4 is 0 Å². The van der Waals surface area contributed by atoms with Crippen LogP contribution in [0.2, 0.25) is 0 Å². The normalized spacial score (nSPS) is 23.0. The molecule has 1 nitrogen and oxygen atoms in total. The smallest absolute Gasteiger partial charge is 0.162 e. The molecule has 0 saturated heterocycles. The summed E-state index contributed by atoms with van der Waals surface area (Å²) in [6.45, 7) is 6.49. The molecule has 2 aromatic carbocycles. The van der Waals surface area contributed by atoms with Crippen LogP contribution in [0.15, 0.2) is 60.2 Å². The van der Waals surface area contributed by atoms with Gasteiger partial charge in [-0.05, 0) is 53.0 Å². The SMILES string of the molecule is CC(C)C1CC[C@H](C)/C(=C/c2ccc(-c3ccccc3)cc2)C1=O. The Morgan fingerprint density at radius 3 is 2.17 bits per heavy atom. The second-order valence-electron chi connectivity index (χ2n) is 7.28. The van der Waals surface area contributed by atoms with E-state index >= 15 is 0 Å². The molecule has 0 radical (unpaired) electrons. The largest absolute Gasteiger partial charge is 0.294 e. The number of rotatable bonds is 3. The van der Waals surface area contributed by atoms with Gasteiger partial charge in [0, 0.05) is 5.92 Å². The Hall–Kier alpha value is -2.15. The van der Waals surface area contributed by atoms with E-state index in [1.165, 1.54) is 11.1 Å². The fourth-order valence-electron chi connectivity index (χ4n) is 3.60. The first-order chi connectivity index (χ1) is 11.6. The first-order valence-electron chi connectivity index (χ1n) is 8.97. The van der Waals surface area contributed by atoms with Crippen molar-refractivity contribution in [3.8, 4) is 11.1 Å². The minimum Gasteiger partial charge on any atom is -0.294 e. The van der Waals surface area contributed by atoms with Crippen molar-refractivity contribution in [2.75, 3.05) is 0 Å². The van der Waals surface area contributed by atoms with E-state index in [0.717, 1.165) is 24.0 Å². The molecule has 24 heavy (non-hydrogen) atoms. The van der Waals surface area contributed by atoms with Crippen LogP contribution in [0.3, 0.4) is 0 Å². The van der Waals surface area contributed by atoms with Crippen LogP contribution in [0.1, 0.15) is 39.2 Å². The van der Waals surface area contributed by atoms with Crippen molar-refractivity contribution in [2.45, 2.75) is 33.6 Å². The van der Waals surface area contributed by atoms with Crippen LogP contribution in [0.4, 0.5) is 0 Å². The van der Waals surface area contributed by atoms with E-state index in [-0.39, 0.29) is 5.92 Å². The summed E-state index contributed by atoms with van der Waals surface area (Å²) >= 11 is 0. The van der Waals surface area contributed by atoms with Gasteiger partial charge in [-0.3, -0.25) is 4.79 Å². The number of ketones is 1. The van der Waals surface area contributed by atoms with Gasteiger partial charge in [-0.2, -0.15) is 0 Å². The van der Waals surface area contributed by atoms with Crippen molar-refractivity contribution >= 4 is 11.9 Å². The van der Waals surface area contributed by atoms with Crippen molar-refractivity contribution in [3.05, 3.63) is 65.7 Å². The highest BCUT2D eigenvalue weighted by Gasteiger charge is 2.32. The van der Waals surface area contributed by atoms with Crippen molar-refractivity contribution in [2.24, 2.45) is 17.8 Å². The van der Waals surface area contributed by atoms with Gasteiger partial charge in [0.25, 0.3) is 0 Å². The fraction of sp³-hybridized carbons (Fsp3) is 0.348. The Morgan fingerprint density at radius 1 is 0.917 bits per heavy atom. The lowest BCUT2D eigenvalue weighted by Crippen LogP contribution is -2.30. The zero-order chi connectivity index (χ0) is 17.1. The van der Waals surface area contributed by atoms with Gasteiger partial charge < -0.3 is 0 Å². The monoisotopic (exact) mass is 318 g/mol. The van der Waals surface area contributed by atoms with Gasteiger partial charge in [-0.25, -0.2) is 0 Å². The van der Waals surface area contributed by atoms with Crippen molar-refractivity contribution in [1.29, 1.82) is 0 Å². The zero-order valence-corrected chi connectivity index (χ0v) is 14.8. The van der Waals surface area contributed by atoms with E-state index < -0.39 is 0 Å². The number of Topliss-reactive ketones (excluding diaryl/α,β-unsaturated/α-hetero) is 1. The van der Waals surface area contributed by atoms with Gasteiger partial charge in [-0.1, -0.05) is 75.4 Å². The molecule has 0 bridgehead atoms. The number of carbonyl (C=O) groups excluding carboxylic acids is 1. The van der Waals surface area contributed by atoms with Gasteiger partial charge >= 0.3 is 0 Å². The molecule has 1 heteroatoms. The van der Waals surface area contributed by atoms with E-state index in [1.807, 2.05) is 6.07 Å². The first kappa shape index (κ1) is 16.7. The highest BCUT2D eigenvalue weighted by Crippen LogP contribution is 2.35. The Labute approximate surface area is 145 Å². The van der Waals surface area contributed by atoms with Crippen LogP contribution in [-0.4, -0.2) is 5.78 Å². The van der Waals surface area contributed by atoms with Crippen LogP contribution in [-0.2, 0) is 4.79 Å². The Balaban J connectivity index is 1.86. The summed E-state index contributed by atoms with van der Waals surface area (Å²) in [7, 11) is 0. The lowest BCUT2D eigenvalue weighted by Gasteiger charge is -2.30. The molecule has 124 valence electrons. The summed E-state index contributed by atoms with van der Waals surface area (Å²) in [5.41, 5.74) is 4.56. The number of allylic oxidation sites excluding steroid dienone is 1. The van der Waals surface area contributed by atoms with Gasteiger partial charge in [0.05, 0.1) is 0 Å². The molecule has 2 atom stereocenters. The van der Waals surface area contributed by atoms with Crippen LogP contribution >= 0.6 is 0 Å². The average molecular weight is 318 g/mol. The molecule has 1 aliphatic rings. The average Bonchev–Trinajstić information content (AvgIpc) is 2.59. The lowest BCUT2D eigenvalue weighted by molar-refractivity contribution is -0.122. The highest BCUT2D eigenvalue weighted by molar-refractivity contribution is 6.02. The number of hydrogen-bond acceptors (Lipinski definition) is 1. The summed E-state index contributed by atoms with van der Waals surface area (Å²) in [6.07, 6.45) is 4.25. The number of carbonyl (C=O) groups is 1. The predicted octanol–water partition coefficient (Wildman–Crippen LogP) is 6.01. The van der Waals surface area contributed by atoms with Crippen LogP contribution in [0.25, 0.3) is 17.2 Å². The van der Waals surface area contributed by atoms with Crippen molar-refractivity contribution in [1.82, 2.24) is 0 Å². The molecule has 0 aliphatic heterocycles. The van der Waals surface area contributed by atoms with Gasteiger partial charge in [0.15, 0.2) is 5.78 Å². The quantitative estimate of drug-likeness (QED) is 0.633. The summed E-state index contributed by atoms with van der Waals surface area (Å²) in [5, 5.41) is 0. The topological polar surface area (TPSA) is 17.1 Å². The maximum atomic E-state index is 12.8. The highest BCUT2D eigenvalue weighted by atomic mass is 16.1. The molecular formula is C23H26O. The van der Waals surface area contributed by atoms with Crippen LogP contribution in [0, 0.1) is 17.8 Å². The molecule has 0 aromatic heterocycles. The molecule has 1 unspecified atom stereocenters. The molecule has 2 aromatic rings. The van der Waals surface area contributed by atoms with E-state index in [0.29, 0.717) is 17.6 Å². The standard InChI is InChI=1S/C23H26O/c1-16(2)21-14-9-17(3)22(23(21)24)15-18-10-12-20(13-11-18)19-7-5-4-6-8-19/h4-8,10-13,15-17,21H,9,14H2,1-3H3/b22-15-/t17-,21?/m0/s1. The Morgan fingerprint density at radius 2 is 1.54 bits per heavy atom. The van der Waals surface area contributed by atoms with Gasteiger partial charge in [0.1, 0.15) is 0 Å². The molecular weight excluding hydrogens is 292 g/mol. The predicted molar refractivity (Wildman–Crippen MR) is 102 cm³/mol. The van der Waals surface area contributed by atoms with Crippen molar-refractivity contribution < 1.29 is 4.79 Å². The summed E-state index contributed by atoms with van der Waals surface area (Å²) < 4.78 is 0. The Kier molecular flexibility index (Phi) is 4.99. The minimum atomic E-state index is 0.191. The number of hydrogen-bond donors (Lipinski definition) is 0. The first-order valence-corrected chi connectivity index (χ1v) is 8.97. The van der Waals surface area contributed by atoms with E-state index in [9.17, 15) is 4.79 Å². The van der Waals surface area contributed by atoms with E-state index in [4.69, 9.17) is 0 Å². The van der Waals surface area contributed by atoms with Crippen LogP contribution in [0.5, 0.6) is 0 Å². The minimum absolute atomic E-state index is 0.191. The van der Waals surface area contributed by atoms with E-state index in [1.54, 1.807) is 0 Å². The van der Waals surface area contributed by atoms with E-state index in [2.05, 4.69) is 75.4 Å².